The number of fused-ring (bicyclic) bond motifs is 6. The largest absolute Gasteiger partial charge is 1.00 e. The molecule has 7 N–H and O–H groups in total. The molecule has 2 amide bonds. The predicted octanol–water partition coefficient (Wildman–Crippen LogP) is 16.4. The summed E-state index contributed by atoms with van der Waals surface area (Å²) in [6.45, 7) is 24.5. The van der Waals surface area contributed by atoms with Crippen molar-refractivity contribution in [1.82, 2.24) is 68.7 Å². The molecule has 54 heteroatoms. The SMILES string of the molecule is C[C@@H]1OCC2(CCN(c3nc[c-]c4nccn34)CC2)[C@@H]1NC(=O)OC(C)(C)C.C[C@@H]1OCC2(CCN(c3ncc(Sc4ccnc5cc(Cl)ccc45)c4nccn34)CC2)[C@@H]1N.C[C@@H]1OCC2(CCN(c3ncc(Sc4ccnc5cc(Cl)ccc45)c4nccn34)CC2)[C@@H]1NC(=O)OC(C)(C)C.Clc1ccc2c(Br)ccnc2c1.N=N/N=N/N=N/N=N/N=N/N=N/N=N/N=N/N.O=CC(F)(F)F.[Na+].[SH-]. The van der Waals surface area contributed by atoms with Crippen molar-refractivity contribution in [3.05, 3.63) is 173 Å². The normalized spacial score (nSPS) is 19.6. The summed E-state index contributed by atoms with van der Waals surface area (Å²) in [6.07, 6.45) is 21.3. The van der Waals surface area contributed by atoms with Gasteiger partial charge in [-0.15, -0.1) is 6.20 Å². The van der Waals surface area contributed by atoms with Crippen LogP contribution in [0.25, 0.3) is 49.7 Å². The van der Waals surface area contributed by atoms with Crippen molar-refractivity contribution in [3.63, 3.8) is 0 Å². The maximum absolute atomic E-state index is 12.6. The summed E-state index contributed by atoms with van der Waals surface area (Å²) in [5.41, 5.74) is 16.7. The molecule has 0 bridgehead atoms. The number of nitrogens with zero attached hydrogens (tertiary/aromatic N) is 30. The molecular weight excluding hydrogens is 1990 g/mol. The number of amides is 2. The Morgan fingerprint density at radius 3 is 1.28 bits per heavy atom. The van der Waals surface area contributed by atoms with Crippen LogP contribution in [0.4, 0.5) is 40.6 Å². The van der Waals surface area contributed by atoms with E-state index in [4.69, 9.17) is 84.5 Å². The van der Waals surface area contributed by atoms with Gasteiger partial charge in [-0.2, -0.15) is 18.7 Å². The minimum atomic E-state index is -4.64. The third kappa shape index (κ3) is 27.8. The number of rotatable bonds is 16. The molecule has 6 fully saturated rings. The number of carbonyl (C=O) groups excluding carboxylic acids is 3. The average Bonchev–Trinajstić information content (AvgIpc) is 1.60. The predicted molar refractivity (Wildman–Crippen MR) is 510 cm³/mol. The number of carbonyl (C=O) groups is 3. The number of pyridine rings is 3. The van der Waals surface area contributed by atoms with E-state index >= 15 is 0 Å². The van der Waals surface area contributed by atoms with Crippen LogP contribution in [0.5, 0.6) is 0 Å². The summed E-state index contributed by atoms with van der Waals surface area (Å²) in [5.74, 6) is 7.25. The fraction of sp³-hybridized carbons (Fsp3) is 0.429. The number of benzene rings is 3. The molecule has 18 rings (SSSR count). The summed E-state index contributed by atoms with van der Waals surface area (Å²) < 4.78 is 67.3. The summed E-state index contributed by atoms with van der Waals surface area (Å²) >= 11 is 24.9. The van der Waals surface area contributed by atoms with Crippen LogP contribution in [0, 0.1) is 27.8 Å². The van der Waals surface area contributed by atoms with Crippen LogP contribution in [0.15, 0.2) is 250 Å². The van der Waals surface area contributed by atoms with Gasteiger partial charge < -0.3 is 84.6 Å². The molecule has 3 aromatic carbocycles. The first-order valence-corrected chi connectivity index (χ1v) is 46.0. The Bertz CT molecular complexity index is 6420. The van der Waals surface area contributed by atoms with Crippen molar-refractivity contribution in [2.75, 3.05) is 73.8 Å². The second-order valence-corrected chi connectivity index (χ2v) is 38.2. The van der Waals surface area contributed by atoms with Crippen LogP contribution in [0.2, 0.25) is 15.1 Å². The zero-order valence-electron chi connectivity index (χ0n) is 76.3. The van der Waals surface area contributed by atoms with Crippen molar-refractivity contribution >= 4 is 174 Å². The number of anilines is 3. The quantitative estimate of drug-likeness (QED) is 0.00876. The van der Waals surface area contributed by atoms with E-state index in [1.54, 1.807) is 48.3 Å². The van der Waals surface area contributed by atoms with Crippen molar-refractivity contribution in [2.24, 2.45) is 106 Å². The summed E-state index contributed by atoms with van der Waals surface area (Å²) in [7, 11) is 0. The molecule has 9 aromatic heterocycles. The third-order valence-electron chi connectivity index (χ3n) is 23.0. The molecule has 724 valence electrons. The summed E-state index contributed by atoms with van der Waals surface area (Å²) in [4.78, 5) is 85.7. The molecule has 12 aromatic rings. The van der Waals surface area contributed by atoms with Gasteiger partial charge >= 0.3 is 47.9 Å². The first-order chi connectivity index (χ1) is 65.2. The van der Waals surface area contributed by atoms with Crippen molar-refractivity contribution < 1.29 is 80.8 Å². The summed E-state index contributed by atoms with van der Waals surface area (Å²) in [6, 6.07) is 26.1. The van der Waals surface area contributed by atoms with Gasteiger partial charge in [-0.05, 0) is 234 Å². The number of nitrogens with one attached hydrogen (secondary N) is 3. The van der Waals surface area contributed by atoms with Gasteiger partial charge in [0.25, 0.3) is 0 Å². The maximum atomic E-state index is 12.6. The molecule has 3 spiro atoms. The third-order valence-corrected chi connectivity index (χ3v) is 26.5. The Labute approximate surface area is 849 Å². The molecule has 6 atom stereocenters. The number of aromatic nitrogens is 12. The van der Waals surface area contributed by atoms with Gasteiger partial charge in [0.2, 0.25) is 24.1 Å². The number of hydrogen-bond donors (Lipinski definition) is 5. The fourth-order valence-electron chi connectivity index (χ4n) is 16.5. The Morgan fingerprint density at radius 2 is 0.877 bits per heavy atom. The number of piperidine rings is 3. The van der Waals surface area contributed by atoms with E-state index in [2.05, 4.69) is 182 Å². The number of imidazole rings is 3. The Balaban J connectivity index is 0.000000170. The number of hydrogen-bond acceptors (Lipinski definition) is 26. The van der Waals surface area contributed by atoms with Gasteiger partial charge in [0.15, 0.2) is 11.3 Å². The fourth-order valence-corrected chi connectivity index (χ4v) is 19.5. The molecule has 0 radical (unpaired) electrons. The topological polar surface area (TPSA) is 522 Å². The van der Waals surface area contributed by atoms with Crippen LogP contribution in [-0.4, -0.2) is 189 Å². The van der Waals surface area contributed by atoms with E-state index in [0.29, 0.717) is 28.3 Å². The van der Waals surface area contributed by atoms with Crippen LogP contribution in [-0.2, 0) is 42.0 Å². The van der Waals surface area contributed by atoms with Gasteiger partial charge in [0, 0.05) is 175 Å². The second kappa shape index (κ2) is 48.7. The number of aldehydes is 1. The van der Waals surface area contributed by atoms with Crippen LogP contribution < -0.4 is 66.5 Å². The van der Waals surface area contributed by atoms with E-state index < -0.39 is 29.8 Å². The molecule has 138 heavy (non-hydrogen) atoms. The standard InChI is InChI=1S/C29H33ClN6O3S.C24H25ClN6OS.C20H28N5O3.C9H5BrClN.C2HF3O.H3N17.Na.H2S/c1-18-24(34-27(37)39-28(2,3)4)29(17-38-18)8-12-35(13-9-29)26-33-16-23(25-32-11-14-36(25)26)40-22-7-10-31-21-15-19(30)5-6-20(21)22;1-15-21(26)24(14-32-15)5-9-30(10-6-24)23-29-13-20(22-28-8-11-31(22)23)33-19-4-7-27-18-12-16(25)2-3-17(18)19;1-14-16(23-18(26)28-19(2,3)4)20(13-27-14)6-10-24(11-7-20)17-22-8-5-15-21-9-12-25(15)17;10-8-3-4-12-9-5-6(11)1-2-7(8)9;3-2(4,5)1-6;1-3-5-7-9-11-13-15-17-16-14-12-10-8-6-4-2;;/h5-7,10-11,14-16,18,24H,8-9,12-13,17H2,1-4H3,(H,34,37);2-4,7-8,11-13,15,21H,5-6,9-10,14,26H2,1H3;8-9,12,14,16H,6-7,10-11,13H2,1-4H3,(H,23,26);1-5H;1H;(H3,1,2,5,6,9,10,13,14,17);;1H2/q;;-1;;;;+1;/p-1/t18-,24+;15-,21+;14-,16+;;;;;/m000...../s1. The van der Waals surface area contributed by atoms with Crippen molar-refractivity contribution in [1.29, 1.82) is 5.53 Å². The van der Waals surface area contributed by atoms with Crippen LogP contribution >= 0.6 is 74.3 Å². The van der Waals surface area contributed by atoms with Gasteiger partial charge in [-0.25, -0.2) is 29.5 Å². The monoisotopic (exact) mass is 2080 g/mol. The number of halogens is 7. The zero-order valence-corrected chi connectivity index (χ0v) is 84.6. The number of ether oxygens (including phenoxy) is 5. The number of alkyl carbamates (subject to hydrolysis) is 2. The van der Waals surface area contributed by atoms with E-state index in [0.717, 1.165) is 176 Å². The van der Waals surface area contributed by atoms with Gasteiger partial charge in [-0.3, -0.25) is 38.5 Å². The smallest absolute Gasteiger partial charge is 0.813 e. The molecule has 0 unspecified atom stereocenters. The van der Waals surface area contributed by atoms with E-state index in [9.17, 15) is 22.8 Å². The van der Waals surface area contributed by atoms with Crippen molar-refractivity contribution in [2.45, 2.75) is 174 Å². The number of nitrogens with two attached hydrogens (primary N) is 2. The van der Waals surface area contributed by atoms with Crippen LogP contribution in [0.1, 0.15) is 101 Å². The zero-order chi connectivity index (χ0) is 97.0. The first-order valence-electron chi connectivity index (χ1n) is 42.4. The maximum Gasteiger partial charge on any atom is 1.00 e. The number of thiol groups is 1. The van der Waals surface area contributed by atoms with E-state index in [1.165, 1.54) is 0 Å². The molecule has 15 heterocycles. The minimum absolute atomic E-state index is 0. The Morgan fingerprint density at radius 1 is 0.514 bits per heavy atom. The van der Waals surface area contributed by atoms with E-state index in [-0.39, 0.29) is 102 Å². The van der Waals surface area contributed by atoms with Gasteiger partial charge in [0.1, 0.15) is 11.2 Å². The van der Waals surface area contributed by atoms with Gasteiger partial charge in [0.05, 0.1) is 76.6 Å². The molecule has 0 saturated carbocycles. The molecular formula is C84H96BrCl3F3N35NaO8S3-. The van der Waals surface area contributed by atoms with Gasteiger partial charge in [-0.1, -0.05) is 97.7 Å². The van der Waals surface area contributed by atoms with Crippen LogP contribution in [0.3, 0.4) is 0 Å². The molecule has 6 aliphatic rings. The minimum Gasteiger partial charge on any atom is -0.813 e. The molecule has 6 aliphatic heterocycles. The molecule has 6 saturated heterocycles. The molecule has 0 aliphatic carbocycles. The average molecular weight is 2090 g/mol. The molecule has 43 nitrogen and oxygen atoms in total. The first kappa shape index (κ1) is 107. The second-order valence-electron chi connectivity index (χ2n) is 33.9. The Kier molecular flexibility index (Phi) is 37.9. The Hall–Kier alpha value is -11.0. The summed E-state index contributed by atoms with van der Waals surface area (Å²) in [5, 5.41) is 54.7. The van der Waals surface area contributed by atoms with Crippen molar-refractivity contribution in [3.8, 4) is 0 Å². The van der Waals surface area contributed by atoms with E-state index in [1.807, 2.05) is 182 Å². The number of alkyl halides is 3.